The summed E-state index contributed by atoms with van der Waals surface area (Å²) in [7, 11) is 1.92. The predicted octanol–water partition coefficient (Wildman–Crippen LogP) is 7.12. The fourth-order valence-corrected chi connectivity index (χ4v) is 7.06. The Balaban J connectivity index is 1.22. The Hall–Kier alpha value is -3.97. The Morgan fingerprint density at radius 2 is 1.98 bits per heavy atom. The van der Waals surface area contributed by atoms with Gasteiger partial charge in [-0.05, 0) is 108 Å². The molecule has 1 aromatic heterocycles. The minimum Gasteiger partial charge on any atom is -0.478 e. The standard InChI is InChI=1S/C32H29ClFN3O3/c1-37-29-6-5-21(13-24(29)18-35-37)22-3-4-23(28(33)14-22)17-32-9-8-20(16-32)12-27(32)31(40)36-26-11-19(2-7-30(38)39)10-25(34)15-26/h2-7,10-11,13-15,18,20,27H,8-9,12,16-17H2,1H3,(H,36,40)(H,38,39)/b7-2+/t20-,27+,32+/m1/s1. The van der Waals surface area contributed by atoms with E-state index < -0.39 is 11.8 Å². The van der Waals surface area contributed by atoms with Gasteiger partial charge < -0.3 is 10.4 Å². The number of aromatic nitrogens is 2. The van der Waals surface area contributed by atoms with Crippen molar-refractivity contribution in [2.45, 2.75) is 32.1 Å². The number of carbonyl (C=O) groups is 2. The quantitative estimate of drug-likeness (QED) is 0.237. The van der Waals surface area contributed by atoms with E-state index in [9.17, 15) is 14.0 Å². The molecule has 204 valence electrons. The van der Waals surface area contributed by atoms with Gasteiger partial charge >= 0.3 is 5.97 Å². The number of fused-ring (bicyclic) bond motifs is 3. The number of carboxylic acid groups (broad SMARTS) is 1. The molecule has 2 N–H and O–H groups in total. The lowest BCUT2D eigenvalue weighted by molar-refractivity contribution is -0.131. The SMILES string of the molecule is Cn1ncc2cc(-c3ccc(C[C@@]45CC[C@H](C[C@H]4C(=O)Nc4cc(F)cc(/C=C/C(=O)O)c4)C5)c(Cl)c3)ccc21. The Morgan fingerprint density at radius 1 is 1.18 bits per heavy atom. The summed E-state index contributed by atoms with van der Waals surface area (Å²) in [6, 6.07) is 16.5. The zero-order valence-corrected chi connectivity index (χ0v) is 22.8. The Kier molecular flexibility index (Phi) is 6.70. The molecule has 2 aliphatic carbocycles. The number of amides is 1. The fraction of sp³-hybridized carbons (Fsp3) is 0.281. The zero-order chi connectivity index (χ0) is 28.0. The number of carboxylic acids is 1. The van der Waals surface area contributed by atoms with Crippen LogP contribution in [0.2, 0.25) is 5.02 Å². The van der Waals surface area contributed by atoms with E-state index in [0.29, 0.717) is 28.6 Å². The molecule has 0 saturated heterocycles. The Morgan fingerprint density at radius 3 is 2.75 bits per heavy atom. The Labute approximate surface area is 236 Å². The average molecular weight is 558 g/mol. The van der Waals surface area contributed by atoms with Crippen molar-refractivity contribution in [2.24, 2.45) is 24.3 Å². The number of aryl methyl sites for hydroxylation is 1. The highest BCUT2D eigenvalue weighted by atomic mass is 35.5. The lowest BCUT2D eigenvalue weighted by Crippen LogP contribution is -2.37. The molecule has 8 heteroatoms. The normalized spacial score (nSPS) is 21.9. The summed E-state index contributed by atoms with van der Waals surface area (Å²) in [5.74, 6) is -1.52. The van der Waals surface area contributed by atoms with Gasteiger partial charge in [-0.25, -0.2) is 9.18 Å². The van der Waals surface area contributed by atoms with Crippen LogP contribution >= 0.6 is 11.6 Å². The maximum atomic E-state index is 14.2. The van der Waals surface area contributed by atoms with Gasteiger partial charge in [-0.15, -0.1) is 0 Å². The van der Waals surface area contributed by atoms with Gasteiger partial charge in [0.2, 0.25) is 5.91 Å². The molecule has 1 heterocycles. The minimum atomic E-state index is -1.12. The molecule has 3 atom stereocenters. The van der Waals surface area contributed by atoms with Crippen LogP contribution in [0.3, 0.4) is 0 Å². The maximum Gasteiger partial charge on any atom is 0.328 e. The predicted molar refractivity (Wildman–Crippen MR) is 154 cm³/mol. The smallest absolute Gasteiger partial charge is 0.328 e. The molecule has 6 nitrogen and oxygen atoms in total. The molecule has 2 aliphatic rings. The molecule has 40 heavy (non-hydrogen) atoms. The van der Waals surface area contributed by atoms with Crippen LogP contribution in [0.15, 0.2) is 66.9 Å². The summed E-state index contributed by atoms with van der Waals surface area (Å²) < 4.78 is 16.1. The molecular weight excluding hydrogens is 529 g/mol. The summed E-state index contributed by atoms with van der Waals surface area (Å²) in [6.07, 6.45) is 8.61. The van der Waals surface area contributed by atoms with Gasteiger partial charge in [0, 0.05) is 35.1 Å². The topological polar surface area (TPSA) is 84.2 Å². The number of anilines is 1. The van der Waals surface area contributed by atoms with Crippen molar-refractivity contribution in [3.63, 3.8) is 0 Å². The second-order valence-electron chi connectivity index (χ2n) is 11.2. The highest BCUT2D eigenvalue weighted by Crippen LogP contribution is 2.59. The number of benzene rings is 3. The molecular formula is C32H29ClFN3O3. The van der Waals surface area contributed by atoms with Crippen molar-refractivity contribution in [2.75, 3.05) is 5.32 Å². The summed E-state index contributed by atoms with van der Waals surface area (Å²) in [4.78, 5) is 24.4. The van der Waals surface area contributed by atoms with E-state index in [0.717, 1.165) is 59.4 Å². The number of carbonyl (C=O) groups excluding carboxylic acids is 1. The first-order valence-electron chi connectivity index (χ1n) is 13.4. The second kappa shape index (κ2) is 10.2. The van der Waals surface area contributed by atoms with Crippen LogP contribution < -0.4 is 5.32 Å². The fourth-order valence-electron chi connectivity index (χ4n) is 6.81. The van der Waals surface area contributed by atoms with Crippen molar-refractivity contribution in [3.05, 3.63) is 88.8 Å². The maximum absolute atomic E-state index is 14.2. The highest BCUT2D eigenvalue weighted by molar-refractivity contribution is 6.31. The van der Waals surface area contributed by atoms with E-state index in [4.69, 9.17) is 16.7 Å². The number of halogens is 2. The van der Waals surface area contributed by atoms with E-state index in [2.05, 4.69) is 40.7 Å². The molecule has 4 aromatic rings. The first-order valence-corrected chi connectivity index (χ1v) is 13.8. The van der Waals surface area contributed by atoms with Crippen molar-refractivity contribution < 1.29 is 19.1 Å². The summed E-state index contributed by atoms with van der Waals surface area (Å²) in [5.41, 5.74) is 4.68. The van der Waals surface area contributed by atoms with Crippen LogP contribution in [0.1, 0.15) is 36.8 Å². The van der Waals surface area contributed by atoms with Gasteiger partial charge in [-0.2, -0.15) is 5.10 Å². The third kappa shape index (κ3) is 5.02. The monoisotopic (exact) mass is 557 g/mol. The third-order valence-corrected chi connectivity index (χ3v) is 9.00. The van der Waals surface area contributed by atoms with Crippen molar-refractivity contribution in [1.29, 1.82) is 0 Å². The molecule has 6 rings (SSSR count). The molecule has 2 bridgehead atoms. The summed E-state index contributed by atoms with van der Waals surface area (Å²) in [6.45, 7) is 0. The van der Waals surface area contributed by atoms with E-state index in [1.807, 2.05) is 24.0 Å². The molecule has 0 spiro atoms. The number of hydrogen-bond acceptors (Lipinski definition) is 3. The Bertz CT molecular complexity index is 1680. The largest absolute Gasteiger partial charge is 0.478 e. The second-order valence-corrected chi connectivity index (χ2v) is 11.6. The molecule has 2 fully saturated rings. The number of rotatable bonds is 7. The number of nitrogens with zero attached hydrogens (tertiary/aromatic N) is 2. The lowest BCUT2D eigenvalue weighted by Gasteiger charge is -2.35. The van der Waals surface area contributed by atoms with Crippen LogP contribution in [-0.4, -0.2) is 26.8 Å². The van der Waals surface area contributed by atoms with Gasteiger partial charge in [-0.1, -0.05) is 29.8 Å². The van der Waals surface area contributed by atoms with Gasteiger partial charge in [-0.3, -0.25) is 9.48 Å². The van der Waals surface area contributed by atoms with Crippen LogP contribution in [0, 0.1) is 23.1 Å². The average Bonchev–Trinajstić information content (AvgIpc) is 3.61. The number of aliphatic carboxylic acids is 1. The van der Waals surface area contributed by atoms with Gasteiger partial charge in [0.25, 0.3) is 0 Å². The van der Waals surface area contributed by atoms with E-state index in [-0.39, 0.29) is 17.2 Å². The molecule has 2 saturated carbocycles. The van der Waals surface area contributed by atoms with E-state index in [1.54, 1.807) is 6.07 Å². The van der Waals surface area contributed by atoms with Crippen LogP contribution in [0.4, 0.5) is 10.1 Å². The first kappa shape index (κ1) is 26.3. The van der Waals surface area contributed by atoms with E-state index in [1.165, 1.54) is 18.2 Å². The molecule has 1 amide bonds. The molecule has 3 aromatic carbocycles. The van der Waals surface area contributed by atoms with E-state index >= 15 is 0 Å². The van der Waals surface area contributed by atoms with Crippen molar-refractivity contribution in [3.8, 4) is 11.1 Å². The highest BCUT2D eigenvalue weighted by Gasteiger charge is 2.54. The van der Waals surface area contributed by atoms with Gasteiger partial charge in [0.1, 0.15) is 5.82 Å². The van der Waals surface area contributed by atoms with Crippen molar-refractivity contribution >= 4 is 46.1 Å². The van der Waals surface area contributed by atoms with Gasteiger partial charge in [0.15, 0.2) is 0 Å². The number of nitrogens with one attached hydrogen (secondary N) is 1. The lowest BCUT2D eigenvalue weighted by atomic mass is 9.70. The van der Waals surface area contributed by atoms with Crippen LogP contribution in [0.5, 0.6) is 0 Å². The molecule has 0 aliphatic heterocycles. The summed E-state index contributed by atoms with van der Waals surface area (Å²) >= 11 is 6.85. The number of hydrogen-bond donors (Lipinski definition) is 2. The van der Waals surface area contributed by atoms with Gasteiger partial charge in [0.05, 0.1) is 11.7 Å². The minimum absolute atomic E-state index is 0.126. The zero-order valence-electron chi connectivity index (χ0n) is 22.0. The molecule has 0 unspecified atom stereocenters. The van der Waals surface area contributed by atoms with Crippen molar-refractivity contribution in [1.82, 2.24) is 9.78 Å². The first-order chi connectivity index (χ1) is 19.2. The van der Waals surface area contributed by atoms with Crippen LogP contribution in [0.25, 0.3) is 28.1 Å². The third-order valence-electron chi connectivity index (χ3n) is 8.65. The van der Waals surface area contributed by atoms with Crippen LogP contribution in [-0.2, 0) is 23.1 Å². The summed E-state index contributed by atoms with van der Waals surface area (Å²) in [5, 5.41) is 17.9. The molecule has 0 radical (unpaired) electrons.